The lowest BCUT2D eigenvalue weighted by molar-refractivity contribution is 0.206. The third-order valence-corrected chi connectivity index (χ3v) is 3.41. The molecule has 0 bridgehead atoms. The van der Waals surface area contributed by atoms with Gasteiger partial charge in [-0.15, -0.1) is 0 Å². The molecule has 0 aromatic heterocycles. The quantitative estimate of drug-likeness (QED) is 0.748. The molecule has 1 heterocycles. The summed E-state index contributed by atoms with van der Waals surface area (Å²) in [4.78, 5) is 2.39. The molecule has 16 heavy (non-hydrogen) atoms. The fourth-order valence-electron chi connectivity index (χ4n) is 2.40. The third-order valence-electron chi connectivity index (χ3n) is 3.41. The molecule has 3 heteroatoms. The first-order valence-electron chi connectivity index (χ1n) is 5.96. The van der Waals surface area contributed by atoms with Crippen molar-refractivity contribution in [2.75, 3.05) is 31.2 Å². The van der Waals surface area contributed by atoms with Crippen LogP contribution in [-0.2, 0) is 0 Å². The molecule has 1 fully saturated rings. The van der Waals surface area contributed by atoms with Crippen molar-refractivity contribution in [3.63, 3.8) is 0 Å². The average molecular weight is 219 g/mol. The van der Waals surface area contributed by atoms with E-state index in [9.17, 15) is 0 Å². The van der Waals surface area contributed by atoms with Gasteiger partial charge in [-0.2, -0.15) is 0 Å². The fourth-order valence-corrected chi connectivity index (χ4v) is 2.40. The summed E-state index contributed by atoms with van der Waals surface area (Å²) in [5.74, 6) is 0.665. The van der Waals surface area contributed by atoms with Gasteiger partial charge >= 0.3 is 0 Å². The summed E-state index contributed by atoms with van der Waals surface area (Å²) in [6, 6.07) is 8.54. The SMILES string of the molecule is CC1CN(C)CCC1Nc1ccccc1N. The number of nitrogen functional groups attached to an aromatic ring is 1. The minimum absolute atomic E-state index is 0.542. The van der Waals surface area contributed by atoms with Crippen LogP contribution in [0.3, 0.4) is 0 Å². The maximum absolute atomic E-state index is 5.94. The van der Waals surface area contributed by atoms with E-state index >= 15 is 0 Å². The molecule has 1 aliphatic heterocycles. The molecule has 1 saturated heterocycles. The van der Waals surface area contributed by atoms with Crippen molar-refractivity contribution in [2.45, 2.75) is 19.4 Å². The zero-order chi connectivity index (χ0) is 11.5. The van der Waals surface area contributed by atoms with E-state index in [4.69, 9.17) is 5.73 Å². The summed E-state index contributed by atoms with van der Waals surface area (Å²) >= 11 is 0. The molecule has 2 rings (SSSR count). The number of anilines is 2. The maximum atomic E-state index is 5.94. The number of hydrogen-bond donors (Lipinski definition) is 2. The van der Waals surface area contributed by atoms with Crippen molar-refractivity contribution in [3.05, 3.63) is 24.3 Å². The van der Waals surface area contributed by atoms with Gasteiger partial charge in [0.15, 0.2) is 0 Å². The van der Waals surface area contributed by atoms with Crippen molar-refractivity contribution in [2.24, 2.45) is 5.92 Å². The number of likely N-dealkylation sites (tertiary alicyclic amines) is 1. The standard InChI is InChI=1S/C13H21N3/c1-10-9-16(2)8-7-12(10)15-13-6-4-3-5-11(13)14/h3-6,10,12,15H,7-9,14H2,1-2H3. The summed E-state index contributed by atoms with van der Waals surface area (Å²) in [7, 11) is 2.18. The second-order valence-electron chi connectivity index (χ2n) is 4.87. The first-order valence-corrected chi connectivity index (χ1v) is 5.96. The summed E-state index contributed by atoms with van der Waals surface area (Å²) in [6.45, 7) is 4.62. The molecule has 0 amide bonds. The Hall–Kier alpha value is -1.22. The van der Waals surface area contributed by atoms with Gasteiger partial charge < -0.3 is 16.0 Å². The van der Waals surface area contributed by atoms with Crippen LogP contribution >= 0.6 is 0 Å². The van der Waals surface area contributed by atoms with E-state index < -0.39 is 0 Å². The second kappa shape index (κ2) is 4.74. The predicted molar refractivity (Wildman–Crippen MR) is 69.5 cm³/mol. The highest BCUT2D eigenvalue weighted by atomic mass is 15.1. The molecular weight excluding hydrogens is 198 g/mol. The van der Waals surface area contributed by atoms with Crippen molar-refractivity contribution in [1.82, 2.24) is 4.90 Å². The minimum Gasteiger partial charge on any atom is -0.397 e. The van der Waals surface area contributed by atoms with Gasteiger partial charge in [-0.1, -0.05) is 19.1 Å². The Morgan fingerprint density at radius 1 is 1.38 bits per heavy atom. The van der Waals surface area contributed by atoms with Gasteiger partial charge in [-0.3, -0.25) is 0 Å². The van der Waals surface area contributed by atoms with Crippen molar-refractivity contribution < 1.29 is 0 Å². The molecule has 3 N–H and O–H groups in total. The summed E-state index contributed by atoms with van der Waals surface area (Å²) in [5.41, 5.74) is 7.85. The van der Waals surface area contributed by atoms with Gasteiger partial charge in [-0.25, -0.2) is 0 Å². The molecular formula is C13H21N3. The van der Waals surface area contributed by atoms with Crippen molar-refractivity contribution in [1.29, 1.82) is 0 Å². The van der Waals surface area contributed by atoms with Crippen LogP contribution in [0, 0.1) is 5.92 Å². The Balaban J connectivity index is 2.02. The van der Waals surface area contributed by atoms with E-state index in [1.54, 1.807) is 0 Å². The number of para-hydroxylation sites is 2. The maximum Gasteiger partial charge on any atom is 0.0576 e. The van der Waals surface area contributed by atoms with Gasteiger partial charge in [0.25, 0.3) is 0 Å². The fraction of sp³-hybridized carbons (Fsp3) is 0.538. The minimum atomic E-state index is 0.542. The monoisotopic (exact) mass is 219 g/mol. The Bertz CT molecular complexity index is 351. The van der Waals surface area contributed by atoms with Crippen molar-refractivity contribution in [3.8, 4) is 0 Å². The average Bonchev–Trinajstić information content (AvgIpc) is 2.25. The van der Waals surface area contributed by atoms with E-state index in [2.05, 4.69) is 30.3 Å². The Kier molecular flexibility index (Phi) is 3.34. The van der Waals surface area contributed by atoms with E-state index in [1.165, 1.54) is 6.42 Å². The largest absolute Gasteiger partial charge is 0.397 e. The lowest BCUT2D eigenvalue weighted by Gasteiger charge is -2.36. The van der Waals surface area contributed by atoms with Crippen LogP contribution in [0.15, 0.2) is 24.3 Å². The predicted octanol–water partition coefficient (Wildman–Crippen LogP) is 2.02. The zero-order valence-electron chi connectivity index (χ0n) is 10.1. The number of nitrogens with zero attached hydrogens (tertiary/aromatic N) is 1. The number of hydrogen-bond acceptors (Lipinski definition) is 3. The van der Waals surface area contributed by atoms with Crippen molar-refractivity contribution >= 4 is 11.4 Å². The topological polar surface area (TPSA) is 41.3 Å². The molecule has 1 aliphatic rings. The number of piperidine rings is 1. The molecule has 88 valence electrons. The molecule has 0 aliphatic carbocycles. The van der Waals surface area contributed by atoms with Crippen LogP contribution in [0.5, 0.6) is 0 Å². The van der Waals surface area contributed by atoms with E-state index in [0.29, 0.717) is 12.0 Å². The smallest absolute Gasteiger partial charge is 0.0576 e. The Labute approximate surface area is 97.6 Å². The zero-order valence-corrected chi connectivity index (χ0v) is 10.1. The van der Waals surface area contributed by atoms with Gasteiger partial charge in [0.1, 0.15) is 0 Å². The van der Waals surface area contributed by atoms with E-state index in [1.807, 2.05) is 18.2 Å². The summed E-state index contributed by atoms with van der Waals surface area (Å²) in [5, 5.41) is 3.57. The Morgan fingerprint density at radius 3 is 2.81 bits per heavy atom. The normalized spacial score (nSPS) is 26.6. The molecule has 2 atom stereocenters. The van der Waals surface area contributed by atoms with Crippen LogP contribution in [0.25, 0.3) is 0 Å². The van der Waals surface area contributed by atoms with Crippen LogP contribution in [-0.4, -0.2) is 31.1 Å². The molecule has 2 unspecified atom stereocenters. The molecule has 0 saturated carbocycles. The van der Waals surface area contributed by atoms with E-state index in [0.717, 1.165) is 24.5 Å². The molecule has 0 radical (unpaired) electrons. The Morgan fingerprint density at radius 2 is 2.12 bits per heavy atom. The van der Waals surface area contributed by atoms with Crippen LogP contribution in [0.1, 0.15) is 13.3 Å². The number of rotatable bonds is 2. The lowest BCUT2D eigenvalue weighted by atomic mass is 9.94. The number of nitrogens with one attached hydrogen (secondary N) is 1. The summed E-state index contributed by atoms with van der Waals surface area (Å²) < 4.78 is 0. The molecule has 0 spiro atoms. The lowest BCUT2D eigenvalue weighted by Crippen LogP contribution is -2.43. The van der Waals surface area contributed by atoms with Gasteiger partial charge in [-0.05, 0) is 38.1 Å². The molecule has 3 nitrogen and oxygen atoms in total. The highest BCUT2D eigenvalue weighted by Gasteiger charge is 2.24. The number of benzene rings is 1. The van der Waals surface area contributed by atoms with Crippen LogP contribution in [0.4, 0.5) is 11.4 Å². The molecule has 1 aromatic rings. The second-order valence-corrected chi connectivity index (χ2v) is 4.87. The first kappa shape index (κ1) is 11.3. The molecule has 1 aromatic carbocycles. The summed E-state index contributed by atoms with van der Waals surface area (Å²) in [6.07, 6.45) is 1.19. The number of nitrogens with two attached hydrogens (primary N) is 1. The first-order chi connectivity index (χ1) is 7.66. The highest BCUT2D eigenvalue weighted by molar-refractivity contribution is 5.66. The van der Waals surface area contributed by atoms with Gasteiger partial charge in [0.2, 0.25) is 0 Å². The third kappa shape index (κ3) is 2.47. The van der Waals surface area contributed by atoms with Crippen LogP contribution < -0.4 is 11.1 Å². The van der Waals surface area contributed by atoms with Crippen LogP contribution in [0.2, 0.25) is 0 Å². The van der Waals surface area contributed by atoms with Gasteiger partial charge in [0, 0.05) is 12.6 Å². The van der Waals surface area contributed by atoms with E-state index in [-0.39, 0.29) is 0 Å². The van der Waals surface area contributed by atoms with Gasteiger partial charge in [0.05, 0.1) is 11.4 Å². The highest BCUT2D eigenvalue weighted by Crippen LogP contribution is 2.23.